The van der Waals surface area contributed by atoms with E-state index < -0.39 is 9.84 Å². The first-order valence-electron chi connectivity index (χ1n) is 10.7. The molecular formula is C23H25N5O3S. The Morgan fingerprint density at radius 1 is 0.969 bits per heavy atom. The fourth-order valence-electron chi connectivity index (χ4n) is 4.35. The van der Waals surface area contributed by atoms with E-state index in [2.05, 4.69) is 31.8 Å². The Kier molecular flexibility index (Phi) is 5.28. The van der Waals surface area contributed by atoms with E-state index in [1.54, 1.807) is 36.7 Å². The van der Waals surface area contributed by atoms with Gasteiger partial charge in [0.25, 0.3) is 0 Å². The lowest BCUT2D eigenvalue weighted by Gasteiger charge is -2.19. The first kappa shape index (κ1) is 20.8. The second-order valence-corrected chi connectivity index (χ2v) is 10.5. The minimum Gasteiger partial charge on any atom is -0.476 e. The molecule has 3 aromatic rings. The fraction of sp³-hybridized carbons (Fsp3) is 0.391. The molecule has 9 heteroatoms. The van der Waals surface area contributed by atoms with Crippen LogP contribution in [0, 0.1) is 17.8 Å². The molecule has 2 aliphatic rings. The fourth-order valence-corrected chi connectivity index (χ4v) is 4.98. The SMILES string of the molecule is CCc1cnc(N2CC3C(COc4cnc(-c5ccc(S(C)(=O)=O)cc5)cn4)C3C2)nc1. The van der Waals surface area contributed by atoms with Crippen LogP contribution in [0.25, 0.3) is 11.3 Å². The van der Waals surface area contributed by atoms with E-state index >= 15 is 0 Å². The molecule has 1 saturated carbocycles. The molecule has 2 unspecified atom stereocenters. The van der Waals surface area contributed by atoms with Crippen molar-refractivity contribution in [1.82, 2.24) is 19.9 Å². The van der Waals surface area contributed by atoms with Crippen molar-refractivity contribution in [3.8, 4) is 17.1 Å². The van der Waals surface area contributed by atoms with E-state index in [1.807, 2.05) is 12.4 Å². The van der Waals surface area contributed by atoms with Crippen molar-refractivity contribution in [2.45, 2.75) is 18.2 Å². The zero-order chi connectivity index (χ0) is 22.3. The predicted molar refractivity (Wildman–Crippen MR) is 120 cm³/mol. The molecule has 0 amide bonds. The van der Waals surface area contributed by atoms with Gasteiger partial charge in [0.15, 0.2) is 9.84 Å². The van der Waals surface area contributed by atoms with Crippen LogP contribution < -0.4 is 9.64 Å². The van der Waals surface area contributed by atoms with Crippen LogP contribution in [0.15, 0.2) is 53.9 Å². The van der Waals surface area contributed by atoms with Gasteiger partial charge < -0.3 is 9.64 Å². The third kappa shape index (κ3) is 4.17. The smallest absolute Gasteiger partial charge is 0.232 e. The summed E-state index contributed by atoms with van der Waals surface area (Å²) < 4.78 is 29.1. The molecule has 0 bridgehead atoms. The number of piperidine rings is 1. The highest BCUT2D eigenvalue weighted by molar-refractivity contribution is 7.90. The average molecular weight is 452 g/mol. The van der Waals surface area contributed by atoms with Gasteiger partial charge in [0, 0.05) is 43.2 Å². The molecule has 0 spiro atoms. The van der Waals surface area contributed by atoms with E-state index in [0.717, 1.165) is 36.6 Å². The zero-order valence-electron chi connectivity index (χ0n) is 18.0. The van der Waals surface area contributed by atoms with Crippen LogP contribution in [-0.4, -0.2) is 54.3 Å². The molecule has 0 N–H and O–H groups in total. The second-order valence-electron chi connectivity index (χ2n) is 8.49. The third-order valence-electron chi connectivity index (χ3n) is 6.38. The van der Waals surface area contributed by atoms with Gasteiger partial charge in [-0.15, -0.1) is 0 Å². The molecule has 1 aromatic carbocycles. The van der Waals surface area contributed by atoms with Gasteiger partial charge in [0.2, 0.25) is 11.8 Å². The first-order valence-corrected chi connectivity index (χ1v) is 12.6. The maximum Gasteiger partial charge on any atom is 0.232 e. The van der Waals surface area contributed by atoms with Crippen molar-refractivity contribution in [2.24, 2.45) is 17.8 Å². The lowest BCUT2D eigenvalue weighted by molar-refractivity contribution is 0.271. The Morgan fingerprint density at radius 2 is 1.66 bits per heavy atom. The topological polar surface area (TPSA) is 98.2 Å². The van der Waals surface area contributed by atoms with Crippen LogP contribution in [0.2, 0.25) is 0 Å². The highest BCUT2D eigenvalue weighted by atomic mass is 32.2. The molecule has 166 valence electrons. The second kappa shape index (κ2) is 8.12. The predicted octanol–water partition coefficient (Wildman–Crippen LogP) is 2.66. The van der Waals surface area contributed by atoms with Crippen LogP contribution >= 0.6 is 0 Å². The van der Waals surface area contributed by atoms with Gasteiger partial charge in [0.1, 0.15) is 0 Å². The summed E-state index contributed by atoms with van der Waals surface area (Å²) in [5.74, 6) is 3.09. The lowest BCUT2D eigenvalue weighted by Crippen LogP contribution is -2.27. The molecule has 1 aliphatic carbocycles. The molecule has 1 aliphatic heterocycles. The first-order chi connectivity index (χ1) is 15.4. The highest BCUT2D eigenvalue weighted by Gasteiger charge is 2.56. The molecule has 2 atom stereocenters. The van der Waals surface area contributed by atoms with Crippen LogP contribution in [-0.2, 0) is 16.3 Å². The van der Waals surface area contributed by atoms with Crippen molar-refractivity contribution >= 4 is 15.8 Å². The van der Waals surface area contributed by atoms with E-state index in [0.29, 0.717) is 35.9 Å². The number of hydrogen-bond acceptors (Lipinski definition) is 8. The number of hydrogen-bond donors (Lipinski definition) is 0. The van der Waals surface area contributed by atoms with Crippen molar-refractivity contribution < 1.29 is 13.2 Å². The van der Waals surface area contributed by atoms with E-state index in [9.17, 15) is 8.42 Å². The Bertz CT molecular complexity index is 1190. The summed E-state index contributed by atoms with van der Waals surface area (Å²) in [5, 5.41) is 0. The number of aryl methyl sites for hydroxylation is 1. The Labute approximate surface area is 187 Å². The maximum absolute atomic E-state index is 11.6. The van der Waals surface area contributed by atoms with Gasteiger partial charge in [-0.05, 0) is 36.0 Å². The zero-order valence-corrected chi connectivity index (χ0v) is 18.9. The Balaban J connectivity index is 1.13. The Morgan fingerprint density at radius 3 is 2.22 bits per heavy atom. The largest absolute Gasteiger partial charge is 0.476 e. The molecule has 0 radical (unpaired) electrons. The standard InChI is InChI=1S/C23H25N5O3S/c1-3-15-8-26-23(27-9-15)28-12-18-19(13-28)20(18)14-31-22-11-24-21(10-25-22)16-4-6-17(7-5-16)32(2,29)30/h4-11,18-20H,3,12-14H2,1-2H3. The highest BCUT2D eigenvalue weighted by Crippen LogP contribution is 2.52. The third-order valence-corrected chi connectivity index (χ3v) is 7.51. The quantitative estimate of drug-likeness (QED) is 0.541. The minimum absolute atomic E-state index is 0.284. The van der Waals surface area contributed by atoms with Gasteiger partial charge in [-0.1, -0.05) is 19.1 Å². The summed E-state index contributed by atoms with van der Waals surface area (Å²) in [6.07, 6.45) is 9.23. The summed E-state index contributed by atoms with van der Waals surface area (Å²) >= 11 is 0. The number of aromatic nitrogens is 4. The van der Waals surface area contributed by atoms with Crippen molar-refractivity contribution in [1.29, 1.82) is 0 Å². The molecule has 1 saturated heterocycles. The summed E-state index contributed by atoms with van der Waals surface area (Å²) in [5.41, 5.74) is 2.63. The van der Waals surface area contributed by atoms with Crippen LogP contribution in [0.5, 0.6) is 5.88 Å². The van der Waals surface area contributed by atoms with Gasteiger partial charge in [-0.25, -0.2) is 28.4 Å². The van der Waals surface area contributed by atoms with Crippen LogP contribution in [0.4, 0.5) is 5.95 Å². The molecule has 2 fully saturated rings. The van der Waals surface area contributed by atoms with Crippen LogP contribution in [0.3, 0.4) is 0 Å². The summed E-state index contributed by atoms with van der Waals surface area (Å²) in [6, 6.07) is 6.62. The summed E-state index contributed by atoms with van der Waals surface area (Å²) in [7, 11) is -3.21. The number of sulfone groups is 1. The number of anilines is 1. The van der Waals surface area contributed by atoms with E-state index in [1.165, 1.54) is 6.26 Å². The number of nitrogens with zero attached hydrogens (tertiary/aromatic N) is 5. The molecule has 2 aromatic heterocycles. The molecular weight excluding hydrogens is 426 g/mol. The molecule has 5 rings (SSSR count). The average Bonchev–Trinajstić information content (AvgIpc) is 3.26. The van der Waals surface area contributed by atoms with Crippen LogP contribution in [0.1, 0.15) is 12.5 Å². The molecule has 8 nitrogen and oxygen atoms in total. The lowest BCUT2D eigenvalue weighted by atomic mass is 10.2. The minimum atomic E-state index is -3.21. The Hall–Kier alpha value is -3.07. The van der Waals surface area contributed by atoms with Gasteiger partial charge in [-0.2, -0.15) is 0 Å². The number of benzene rings is 1. The van der Waals surface area contributed by atoms with Crippen molar-refractivity contribution in [3.05, 3.63) is 54.6 Å². The van der Waals surface area contributed by atoms with Crippen molar-refractivity contribution in [3.63, 3.8) is 0 Å². The van der Waals surface area contributed by atoms with E-state index in [-0.39, 0.29) is 4.90 Å². The summed E-state index contributed by atoms with van der Waals surface area (Å²) in [6.45, 7) is 4.68. The number of fused-ring (bicyclic) bond motifs is 1. The maximum atomic E-state index is 11.6. The van der Waals surface area contributed by atoms with Gasteiger partial charge in [-0.3, -0.25) is 0 Å². The van der Waals surface area contributed by atoms with Crippen molar-refractivity contribution in [2.75, 3.05) is 30.9 Å². The van der Waals surface area contributed by atoms with Gasteiger partial charge >= 0.3 is 0 Å². The molecule has 3 heterocycles. The molecule has 32 heavy (non-hydrogen) atoms. The number of ether oxygens (including phenoxy) is 1. The number of rotatable bonds is 7. The monoisotopic (exact) mass is 451 g/mol. The normalized spacial score (nSPS) is 21.9. The van der Waals surface area contributed by atoms with Gasteiger partial charge in [0.05, 0.1) is 29.6 Å². The summed E-state index contributed by atoms with van der Waals surface area (Å²) in [4.78, 5) is 20.3. The van der Waals surface area contributed by atoms with E-state index in [4.69, 9.17) is 4.74 Å².